The number of aromatic nitrogens is 1. The fraction of sp³-hybridized carbons (Fsp3) is 0.375. The third-order valence-electron chi connectivity index (χ3n) is 1.82. The lowest BCUT2D eigenvalue weighted by atomic mass is 10.1. The zero-order valence-corrected chi connectivity index (χ0v) is 9.74. The van der Waals surface area contributed by atoms with E-state index in [0.29, 0.717) is 0 Å². The second kappa shape index (κ2) is 4.52. The summed E-state index contributed by atoms with van der Waals surface area (Å²) < 4.78 is 42.7. The normalized spacial score (nSPS) is 13.9. The summed E-state index contributed by atoms with van der Waals surface area (Å²) >= 11 is 1.17. The first kappa shape index (κ1) is 12.5. The van der Waals surface area contributed by atoms with Crippen molar-refractivity contribution in [3.8, 4) is 0 Å². The molecular weight excluding hydrogens is 326 g/mol. The Balaban J connectivity index is 3.14. The first-order chi connectivity index (χ1) is 6.86. The van der Waals surface area contributed by atoms with Crippen molar-refractivity contribution in [3.63, 3.8) is 0 Å². The van der Waals surface area contributed by atoms with Crippen LogP contribution in [0.1, 0.15) is 11.7 Å². The van der Waals surface area contributed by atoms with E-state index >= 15 is 0 Å². The van der Waals surface area contributed by atoms with Crippen LogP contribution >= 0.6 is 23.0 Å². The van der Waals surface area contributed by atoms with Crippen LogP contribution in [0, 0.1) is 0 Å². The minimum Gasteiger partial charge on any atom is -0.319 e. The molecule has 1 unspecified atom stereocenters. The zero-order valence-electron chi connectivity index (χ0n) is 7.58. The van der Waals surface area contributed by atoms with E-state index in [4.69, 9.17) is 0 Å². The van der Waals surface area contributed by atoms with Crippen molar-refractivity contribution in [2.45, 2.75) is 12.3 Å². The van der Waals surface area contributed by atoms with E-state index in [9.17, 15) is 18.0 Å². The SMILES string of the molecule is Cn1ccc(C(OI)C(F)(F)F)cc1=O. The van der Waals surface area contributed by atoms with Crippen LogP contribution in [-0.4, -0.2) is 10.7 Å². The highest BCUT2D eigenvalue weighted by Gasteiger charge is 2.42. The molecule has 3 nitrogen and oxygen atoms in total. The van der Waals surface area contributed by atoms with Crippen LogP contribution in [0.4, 0.5) is 13.2 Å². The summed E-state index contributed by atoms with van der Waals surface area (Å²) in [6.07, 6.45) is -5.31. The Kier molecular flexibility index (Phi) is 3.77. The third kappa shape index (κ3) is 2.94. The van der Waals surface area contributed by atoms with Gasteiger partial charge >= 0.3 is 6.18 Å². The van der Waals surface area contributed by atoms with Gasteiger partial charge in [-0.15, -0.1) is 0 Å². The first-order valence-corrected chi connectivity index (χ1v) is 4.75. The summed E-state index contributed by atoms with van der Waals surface area (Å²) in [6.45, 7) is 0. The highest BCUT2D eigenvalue weighted by atomic mass is 127. The van der Waals surface area contributed by atoms with Crippen molar-refractivity contribution in [1.29, 1.82) is 0 Å². The molecule has 0 aromatic carbocycles. The molecule has 1 rings (SSSR count). The van der Waals surface area contributed by atoms with Gasteiger partial charge in [0.2, 0.25) is 0 Å². The molecule has 1 heterocycles. The van der Waals surface area contributed by atoms with Crippen molar-refractivity contribution in [3.05, 3.63) is 34.2 Å². The van der Waals surface area contributed by atoms with Crippen LogP contribution in [0.2, 0.25) is 0 Å². The lowest BCUT2D eigenvalue weighted by Gasteiger charge is -2.17. The Hall–Kier alpha value is -0.570. The topological polar surface area (TPSA) is 31.2 Å². The van der Waals surface area contributed by atoms with E-state index in [1.54, 1.807) is 0 Å². The molecule has 0 saturated carbocycles. The van der Waals surface area contributed by atoms with Crippen molar-refractivity contribution >= 4 is 23.0 Å². The minimum absolute atomic E-state index is 0.194. The van der Waals surface area contributed by atoms with E-state index in [1.807, 2.05) is 0 Å². The van der Waals surface area contributed by atoms with Gasteiger partial charge in [0, 0.05) is 19.3 Å². The molecule has 0 saturated heterocycles. The molecule has 84 valence electrons. The molecule has 7 heteroatoms. The maximum Gasteiger partial charge on any atom is 0.419 e. The van der Waals surface area contributed by atoms with Crippen LogP contribution in [0.3, 0.4) is 0 Å². The molecule has 0 aliphatic heterocycles. The maximum atomic E-state index is 12.4. The monoisotopic (exact) mass is 333 g/mol. The number of pyridine rings is 1. The molecule has 0 amide bonds. The van der Waals surface area contributed by atoms with E-state index in [-0.39, 0.29) is 5.56 Å². The van der Waals surface area contributed by atoms with Gasteiger partial charge in [0.05, 0.1) is 0 Å². The van der Waals surface area contributed by atoms with E-state index in [0.717, 1.165) is 6.07 Å². The van der Waals surface area contributed by atoms with Gasteiger partial charge in [-0.2, -0.15) is 13.2 Å². The molecule has 0 fully saturated rings. The third-order valence-corrected chi connectivity index (χ3v) is 2.33. The van der Waals surface area contributed by atoms with Crippen LogP contribution in [-0.2, 0) is 10.1 Å². The number of rotatable bonds is 2. The molecule has 0 aliphatic carbocycles. The van der Waals surface area contributed by atoms with E-state index in [2.05, 4.69) is 3.07 Å². The summed E-state index contributed by atoms with van der Waals surface area (Å²) in [4.78, 5) is 11.1. The summed E-state index contributed by atoms with van der Waals surface area (Å²) in [5.74, 6) is 0. The molecule has 1 aromatic heterocycles. The first-order valence-electron chi connectivity index (χ1n) is 3.87. The van der Waals surface area contributed by atoms with Crippen LogP contribution in [0.5, 0.6) is 0 Å². The van der Waals surface area contributed by atoms with Crippen molar-refractivity contribution in [1.82, 2.24) is 4.57 Å². The van der Waals surface area contributed by atoms with Gasteiger partial charge in [-0.25, -0.2) is 0 Å². The molecule has 1 atom stereocenters. The lowest BCUT2D eigenvalue weighted by Crippen LogP contribution is -2.24. The molecule has 1 aromatic rings. The number of hydrogen-bond acceptors (Lipinski definition) is 2. The number of alkyl halides is 3. The van der Waals surface area contributed by atoms with Gasteiger partial charge in [-0.05, 0) is 11.6 Å². The van der Waals surface area contributed by atoms with Gasteiger partial charge in [0.25, 0.3) is 5.56 Å². The molecule has 0 spiro atoms. The molecule has 0 bridgehead atoms. The van der Waals surface area contributed by atoms with Crippen LogP contribution in [0.25, 0.3) is 0 Å². The van der Waals surface area contributed by atoms with Gasteiger partial charge in [-0.1, -0.05) is 0 Å². The number of halogens is 4. The fourth-order valence-electron chi connectivity index (χ4n) is 1.02. The molecule has 15 heavy (non-hydrogen) atoms. The second-order valence-corrected chi connectivity index (χ2v) is 3.43. The average Bonchev–Trinajstić information content (AvgIpc) is 2.10. The number of aryl methyl sites for hydroxylation is 1. The predicted octanol–water partition coefficient (Wildman–Crippen LogP) is 2.36. The van der Waals surface area contributed by atoms with Crippen molar-refractivity contribution in [2.24, 2.45) is 7.05 Å². The van der Waals surface area contributed by atoms with Gasteiger partial charge in [-0.3, -0.25) is 7.86 Å². The summed E-state index contributed by atoms with van der Waals surface area (Å²) in [5, 5.41) is 0. The lowest BCUT2D eigenvalue weighted by molar-refractivity contribution is -0.189. The standard InChI is InChI=1S/C8H7F3INO2/c1-13-3-2-5(4-6(13)14)7(15-12)8(9,10)11/h2-4,7H,1H3. The van der Waals surface area contributed by atoms with Crippen molar-refractivity contribution < 1.29 is 16.2 Å². The Morgan fingerprint density at radius 1 is 1.53 bits per heavy atom. The largest absolute Gasteiger partial charge is 0.419 e. The van der Waals surface area contributed by atoms with Gasteiger partial charge in [0.15, 0.2) is 6.10 Å². The van der Waals surface area contributed by atoms with Crippen LogP contribution in [0.15, 0.2) is 23.1 Å². The molecule has 0 N–H and O–H groups in total. The van der Waals surface area contributed by atoms with Crippen molar-refractivity contribution in [2.75, 3.05) is 0 Å². The second-order valence-electron chi connectivity index (χ2n) is 2.92. The Morgan fingerprint density at radius 2 is 2.13 bits per heavy atom. The highest BCUT2D eigenvalue weighted by Crippen LogP contribution is 2.36. The fourth-order valence-corrected chi connectivity index (χ4v) is 1.60. The highest BCUT2D eigenvalue weighted by molar-refractivity contribution is 14.1. The maximum absolute atomic E-state index is 12.4. The Morgan fingerprint density at radius 3 is 2.53 bits per heavy atom. The van der Waals surface area contributed by atoms with Crippen LogP contribution < -0.4 is 5.56 Å². The van der Waals surface area contributed by atoms with E-state index in [1.165, 1.54) is 46.9 Å². The number of nitrogens with zero attached hydrogens (tertiary/aromatic N) is 1. The smallest absolute Gasteiger partial charge is 0.319 e. The molecular formula is C8H7F3INO2. The summed E-state index contributed by atoms with van der Waals surface area (Å²) in [6, 6.07) is 2.12. The summed E-state index contributed by atoms with van der Waals surface area (Å²) in [5.41, 5.74) is -0.699. The predicted molar refractivity (Wildman–Crippen MR) is 55.6 cm³/mol. The zero-order chi connectivity index (χ0) is 11.6. The number of hydrogen-bond donors (Lipinski definition) is 0. The Bertz CT molecular complexity index is 402. The Labute approximate surface area is 97.5 Å². The van der Waals surface area contributed by atoms with Gasteiger partial charge < -0.3 is 4.57 Å². The molecule has 0 aliphatic rings. The summed E-state index contributed by atoms with van der Waals surface area (Å²) in [7, 11) is 1.46. The minimum atomic E-state index is -4.52. The van der Waals surface area contributed by atoms with E-state index < -0.39 is 17.8 Å². The average molecular weight is 333 g/mol. The van der Waals surface area contributed by atoms with Gasteiger partial charge in [0.1, 0.15) is 23.0 Å². The quantitative estimate of drug-likeness (QED) is 0.778. The molecule has 0 radical (unpaired) electrons.